The molecule has 2 unspecified atom stereocenters. The summed E-state index contributed by atoms with van der Waals surface area (Å²) in [6.45, 7) is 2.05. The Labute approximate surface area is 108 Å². The fourth-order valence-electron chi connectivity index (χ4n) is 3.36. The van der Waals surface area contributed by atoms with Crippen molar-refractivity contribution >= 4 is 5.78 Å². The summed E-state index contributed by atoms with van der Waals surface area (Å²) in [5.41, 5.74) is 2.23. The van der Waals surface area contributed by atoms with Crippen LogP contribution < -0.4 is 4.74 Å². The Morgan fingerprint density at radius 2 is 2.00 bits per heavy atom. The number of rotatable bonds is 4. The van der Waals surface area contributed by atoms with Crippen LogP contribution in [0.4, 0.5) is 0 Å². The van der Waals surface area contributed by atoms with Crippen LogP contribution in [0.1, 0.15) is 30.4 Å². The van der Waals surface area contributed by atoms with Crippen molar-refractivity contribution in [2.75, 3.05) is 7.11 Å². The highest BCUT2D eigenvalue weighted by atomic mass is 16.5. The van der Waals surface area contributed by atoms with Crippen molar-refractivity contribution < 1.29 is 9.53 Å². The number of hydrogen-bond acceptors (Lipinski definition) is 2. The first-order valence-corrected chi connectivity index (χ1v) is 6.83. The van der Waals surface area contributed by atoms with E-state index in [1.54, 1.807) is 7.11 Å². The molecule has 0 spiro atoms. The van der Waals surface area contributed by atoms with E-state index in [0.29, 0.717) is 18.1 Å². The molecule has 2 heteroatoms. The maximum atomic E-state index is 12.3. The molecule has 2 saturated carbocycles. The first-order valence-electron chi connectivity index (χ1n) is 6.83. The second-order valence-corrected chi connectivity index (χ2v) is 5.88. The maximum absolute atomic E-state index is 12.3. The molecule has 1 aromatic carbocycles. The van der Waals surface area contributed by atoms with Gasteiger partial charge in [-0.1, -0.05) is 17.7 Å². The Bertz CT molecular complexity index is 468. The van der Waals surface area contributed by atoms with E-state index in [4.69, 9.17) is 4.74 Å². The second-order valence-electron chi connectivity index (χ2n) is 5.88. The van der Waals surface area contributed by atoms with Crippen LogP contribution in [0.15, 0.2) is 18.2 Å². The van der Waals surface area contributed by atoms with E-state index >= 15 is 0 Å². The summed E-state index contributed by atoms with van der Waals surface area (Å²) in [6, 6.07) is 6.06. The van der Waals surface area contributed by atoms with Gasteiger partial charge in [0.1, 0.15) is 11.5 Å². The summed E-state index contributed by atoms with van der Waals surface area (Å²) >= 11 is 0. The van der Waals surface area contributed by atoms with Crippen molar-refractivity contribution in [1.29, 1.82) is 0 Å². The van der Waals surface area contributed by atoms with Crippen molar-refractivity contribution in [3.63, 3.8) is 0 Å². The van der Waals surface area contributed by atoms with Gasteiger partial charge in [-0.15, -0.1) is 0 Å². The van der Waals surface area contributed by atoms with Crippen molar-refractivity contribution in [2.45, 2.75) is 32.6 Å². The standard InChI is InChI=1S/C16H20O2/c1-10-3-4-16(18-2)14(5-10)9-15(17)13-7-11-6-12(11)8-13/h3-5,11-13H,6-9H2,1-2H3. The molecule has 2 aliphatic rings. The van der Waals surface area contributed by atoms with Gasteiger partial charge in [-0.2, -0.15) is 0 Å². The number of fused-ring (bicyclic) bond motifs is 1. The van der Waals surface area contributed by atoms with Gasteiger partial charge >= 0.3 is 0 Å². The number of carbonyl (C=O) groups is 1. The zero-order chi connectivity index (χ0) is 12.7. The first-order chi connectivity index (χ1) is 8.67. The molecular formula is C16H20O2. The van der Waals surface area contributed by atoms with Crippen LogP contribution in [0.5, 0.6) is 5.75 Å². The lowest BCUT2D eigenvalue weighted by atomic mass is 9.93. The fraction of sp³-hybridized carbons (Fsp3) is 0.562. The normalized spacial score (nSPS) is 28.9. The lowest BCUT2D eigenvalue weighted by Crippen LogP contribution is -2.15. The van der Waals surface area contributed by atoms with Crippen molar-refractivity contribution in [3.8, 4) is 5.75 Å². The molecule has 0 radical (unpaired) electrons. The predicted octanol–water partition coefficient (Wildman–Crippen LogP) is 3.16. The smallest absolute Gasteiger partial charge is 0.140 e. The molecule has 0 aromatic heterocycles. The molecule has 0 aliphatic heterocycles. The largest absolute Gasteiger partial charge is 0.496 e. The summed E-state index contributed by atoms with van der Waals surface area (Å²) in [4.78, 5) is 12.3. The van der Waals surface area contributed by atoms with E-state index in [2.05, 4.69) is 13.0 Å². The molecule has 0 amide bonds. The Morgan fingerprint density at radius 3 is 2.67 bits per heavy atom. The van der Waals surface area contributed by atoms with Crippen LogP contribution in [0.2, 0.25) is 0 Å². The lowest BCUT2D eigenvalue weighted by Gasteiger charge is -2.13. The number of methoxy groups -OCH3 is 1. The molecular weight excluding hydrogens is 224 g/mol. The van der Waals surface area contributed by atoms with Gasteiger partial charge in [-0.05, 0) is 44.1 Å². The Balaban J connectivity index is 1.71. The van der Waals surface area contributed by atoms with Crippen LogP contribution >= 0.6 is 0 Å². The SMILES string of the molecule is COc1ccc(C)cc1CC(=O)C1CC2CC2C1. The van der Waals surface area contributed by atoms with E-state index in [9.17, 15) is 4.79 Å². The van der Waals surface area contributed by atoms with Gasteiger partial charge < -0.3 is 4.74 Å². The zero-order valence-electron chi connectivity index (χ0n) is 11.1. The summed E-state index contributed by atoms with van der Waals surface area (Å²) in [6.07, 6.45) is 4.18. The second kappa shape index (κ2) is 4.42. The quantitative estimate of drug-likeness (QED) is 0.813. The van der Waals surface area contributed by atoms with E-state index in [1.807, 2.05) is 12.1 Å². The number of carbonyl (C=O) groups excluding carboxylic acids is 1. The molecule has 96 valence electrons. The molecule has 0 heterocycles. The number of hydrogen-bond donors (Lipinski definition) is 0. The number of benzene rings is 1. The predicted molar refractivity (Wildman–Crippen MR) is 70.8 cm³/mol. The molecule has 1 aromatic rings. The Kier molecular flexibility index (Phi) is 2.89. The molecule has 18 heavy (non-hydrogen) atoms. The molecule has 2 nitrogen and oxygen atoms in total. The molecule has 2 atom stereocenters. The summed E-state index contributed by atoms with van der Waals surface area (Å²) in [5.74, 6) is 3.32. The highest BCUT2D eigenvalue weighted by molar-refractivity contribution is 5.84. The van der Waals surface area contributed by atoms with E-state index < -0.39 is 0 Å². The van der Waals surface area contributed by atoms with E-state index in [0.717, 1.165) is 36.0 Å². The number of aryl methyl sites for hydroxylation is 1. The van der Waals surface area contributed by atoms with Crippen molar-refractivity contribution in [2.24, 2.45) is 17.8 Å². The topological polar surface area (TPSA) is 26.3 Å². The summed E-state index contributed by atoms with van der Waals surface area (Å²) in [5, 5.41) is 0. The summed E-state index contributed by atoms with van der Waals surface area (Å²) in [7, 11) is 1.67. The van der Waals surface area contributed by atoms with Crippen LogP contribution in [-0.4, -0.2) is 12.9 Å². The highest BCUT2D eigenvalue weighted by Gasteiger charge is 2.47. The zero-order valence-corrected chi connectivity index (χ0v) is 11.1. The minimum Gasteiger partial charge on any atom is -0.496 e. The van der Waals surface area contributed by atoms with Crippen LogP contribution in [0.25, 0.3) is 0 Å². The minimum atomic E-state index is 0.318. The summed E-state index contributed by atoms with van der Waals surface area (Å²) < 4.78 is 5.34. The molecule has 0 N–H and O–H groups in total. The van der Waals surface area contributed by atoms with Gasteiger partial charge in [-0.3, -0.25) is 4.79 Å². The molecule has 2 fully saturated rings. The van der Waals surface area contributed by atoms with Gasteiger partial charge in [0.25, 0.3) is 0 Å². The Hall–Kier alpha value is -1.31. The minimum absolute atomic E-state index is 0.318. The van der Waals surface area contributed by atoms with Crippen LogP contribution in [-0.2, 0) is 11.2 Å². The number of ether oxygens (including phenoxy) is 1. The van der Waals surface area contributed by atoms with Gasteiger partial charge in [0.2, 0.25) is 0 Å². The van der Waals surface area contributed by atoms with Gasteiger partial charge in [0.05, 0.1) is 7.11 Å². The first kappa shape index (κ1) is 11.8. The van der Waals surface area contributed by atoms with Crippen LogP contribution in [0.3, 0.4) is 0 Å². The number of ketones is 1. The molecule has 2 aliphatic carbocycles. The maximum Gasteiger partial charge on any atom is 0.140 e. The lowest BCUT2D eigenvalue weighted by molar-refractivity contribution is -0.122. The third kappa shape index (κ3) is 2.16. The van der Waals surface area contributed by atoms with Crippen LogP contribution in [0, 0.1) is 24.7 Å². The molecule has 3 rings (SSSR count). The highest BCUT2D eigenvalue weighted by Crippen LogP contribution is 2.54. The van der Waals surface area contributed by atoms with Crippen molar-refractivity contribution in [1.82, 2.24) is 0 Å². The third-order valence-electron chi connectivity index (χ3n) is 4.50. The molecule has 0 bridgehead atoms. The monoisotopic (exact) mass is 244 g/mol. The third-order valence-corrected chi connectivity index (χ3v) is 4.50. The van der Waals surface area contributed by atoms with E-state index in [-0.39, 0.29) is 0 Å². The average molecular weight is 244 g/mol. The Morgan fingerprint density at radius 1 is 1.28 bits per heavy atom. The average Bonchev–Trinajstić information content (AvgIpc) is 2.96. The fourth-order valence-corrected chi connectivity index (χ4v) is 3.36. The van der Waals surface area contributed by atoms with Gasteiger partial charge in [0.15, 0.2) is 0 Å². The van der Waals surface area contributed by atoms with Crippen molar-refractivity contribution in [3.05, 3.63) is 29.3 Å². The molecule has 0 saturated heterocycles. The van der Waals surface area contributed by atoms with Gasteiger partial charge in [-0.25, -0.2) is 0 Å². The number of Topliss-reactive ketones (excluding diaryl/α,β-unsaturated/α-hetero) is 1. The van der Waals surface area contributed by atoms with E-state index in [1.165, 1.54) is 12.0 Å². The van der Waals surface area contributed by atoms with Gasteiger partial charge in [0, 0.05) is 17.9 Å².